The molecule has 2 aliphatic rings. The van der Waals surface area contributed by atoms with Gasteiger partial charge >= 0.3 is 0 Å². The Kier molecular flexibility index (Phi) is 6.54. The van der Waals surface area contributed by atoms with Gasteiger partial charge in [0.05, 0.1) is 12.6 Å². The smallest absolute Gasteiger partial charge is 0.246 e. The Balaban J connectivity index is 0.00000259. The lowest BCUT2D eigenvalue weighted by Crippen LogP contribution is -2.36. The van der Waals surface area contributed by atoms with E-state index in [1.54, 1.807) is 23.2 Å². The summed E-state index contributed by atoms with van der Waals surface area (Å²) < 4.78 is 2.12. The molecule has 0 saturated carbocycles. The van der Waals surface area contributed by atoms with Crippen LogP contribution in [0.3, 0.4) is 0 Å². The third-order valence-corrected chi connectivity index (χ3v) is 6.51. The highest BCUT2D eigenvalue weighted by molar-refractivity contribution is 5.96. The van der Waals surface area contributed by atoms with E-state index >= 15 is 0 Å². The monoisotopic (exact) mass is 465 g/mol. The van der Waals surface area contributed by atoms with Crippen molar-refractivity contribution in [2.24, 2.45) is 7.05 Å². The number of likely N-dealkylation sites (N-methyl/N-ethyl adjacent to an activating group) is 1. The van der Waals surface area contributed by atoms with E-state index in [1.165, 1.54) is 5.39 Å². The molecule has 7 nitrogen and oxygen atoms in total. The molecule has 172 valence electrons. The van der Waals surface area contributed by atoms with Crippen molar-refractivity contribution in [1.29, 1.82) is 0 Å². The molecule has 5 rings (SSSR count). The number of nitrogens with one attached hydrogen (secondary N) is 1. The molecule has 0 aliphatic carbocycles. The highest BCUT2D eigenvalue weighted by Crippen LogP contribution is 2.28. The molecule has 8 heteroatoms. The number of benzene rings is 1. The molecule has 1 aromatic carbocycles. The van der Waals surface area contributed by atoms with Gasteiger partial charge in [0.1, 0.15) is 5.82 Å². The van der Waals surface area contributed by atoms with Crippen LogP contribution in [0.15, 0.2) is 48.7 Å². The van der Waals surface area contributed by atoms with Gasteiger partial charge in [0.25, 0.3) is 0 Å². The first kappa shape index (κ1) is 23.0. The number of carbonyl (C=O) groups is 2. The van der Waals surface area contributed by atoms with Gasteiger partial charge in [-0.2, -0.15) is 0 Å². The number of para-hydroxylation sites is 1. The van der Waals surface area contributed by atoms with Gasteiger partial charge in [-0.3, -0.25) is 14.5 Å². The van der Waals surface area contributed by atoms with Crippen molar-refractivity contribution in [3.63, 3.8) is 0 Å². The van der Waals surface area contributed by atoms with E-state index in [0.29, 0.717) is 18.9 Å². The SMILES string of the molecule is CN(Cc1cc2ccccc2n1C)C(=O)/C=C/c1cnc2c(c1)CN1CCC[C@H]1C(=O)N2.Cl. The van der Waals surface area contributed by atoms with Gasteiger partial charge < -0.3 is 14.8 Å². The number of fused-ring (bicyclic) bond motifs is 3. The van der Waals surface area contributed by atoms with Gasteiger partial charge in [-0.15, -0.1) is 12.4 Å². The van der Waals surface area contributed by atoms with Gasteiger partial charge in [0.15, 0.2) is 0 Å². The first-order chi connectivity index (χ1) is 15.5. The molecule has 33 heavy (non-hydrogen) atoms. The molecule has 1 fully saturated rings. The van der Waals surface area contributed by atoms with Crippen LogP contribution >= 0.6 is 12.4 Å². The first-order valence-corrected chi connectivity index (χ1v) is 11.0. The molecular formula is C25H28ClN5O2. The molecule has 0 unspecified atom stereocenters. The lowest BCUT2D eigenvalue weighted by Gasteiger charge is -2.19. The van der Waals surface area contributed by atoms with Crippen LogP contribution in [0.25, 0.3) is 17.0 Å². The van der Waals surface area contributed by atoms with E-state index in [9.17, 15) is 9.59 Å². The highest BCUT2D eigenvalue weighted by Gasteiger charge is 2.34. The van der Waals surface area contributed by atoms with Crippen LogP contribution < -0.4 is 5.32 Å². The van der Waals surface area contributed by atoms with Crippen LogP contribution in [-0.2, 0) is 29.7 Å². The van der Waals surface area contributed by atoms with E-state index in [4.69, 9.17) is 0 Å². The van der Waals surface area contributed by atoms with Crippen molar-refractivity contribution in [3.05, 3.63) is 65.5 Å². The third-order valence-electron chi connectivity index (χ3n) is 6.51. The largest absolute Gasteiger partial charge is 0.346 e. The maximum atomic E-state index is 12.7. The minimum atomic E-state index is -0.0712. The fourth-order valence-corrected chi connectivity index (χ4v) is 4.70. The highest BCUT2D eigenvalue weighted by atomic mass is 35.5. The Bertz CT molecular complexity index is 1230. The van der Waals surface area contributed by atoms with Crippen molar-refractivity contribution in [1.82, 2.24) is 19.4 Å². The number of aromatic nitrogens is 2. The molecule has 1 saturated heterocycles. The minimum absolute atomic E-state index is 0. The second kappa shape index (κ2) is 9.37. The summed E-state index contributed by atoms with van der Waals surface area (Å²) in [6.45, 7) is 2.15. The fourth-order valence-electron chi connectivity index (χ4n) is 4.70. The van der Waals surface area contributed by atoms with Crippen LogP contribution in [0.5, 0.6) is 0 Å². The second-order valence-corrected chi connectivity index (χ2v) is 8.68. The number of nitrogens with zero attached hydrogens (tertiary/aromatic N) is 4. The number of pyridine rings is 1. The zero-order valence-corrected chi connectivity index (χ0v) is 19.6. The van der Waals surface area contributed by atoms with Gasteiger partial charge in [-0.1, -0.05) is 18.2 Å². The molecule has 2 amide bonds. The molecule has 4 heterocycles. The number of rotatable bonds is 4. The zero-order valence-electron chi connectivity index (χ0n) is 18.8. The number of halogens is 1. The molecule has 0 radical (unpaired) electrons. The van der Waals surface area contributed by atoms with Crippen LogP contribution in [0.1, 0.15) is 29.7 Å². The summed E-state index contributed by atoms with van der Waals surface area (Å²) in [4.78, 5) is 33.5. The Morgan fingerprint density at radius 2 is 2.12 bits per heavy atom. The summed E-state index contributed by atoms with van der Waals surface area (Å²) >= 11 is 0. The molecule has 3 aromatic rings. The van der Waals surface area contributed by atoms with Gasteiger partial charge in [-0.05, 0) is 54.6 Å². The molecule has 2 aliphatic heterocycles. The third kappa shape index (κ3) is 4.51. The van der Waals surface area contributed by atoms with E-state index in [-0.39, 0.29) is 30.3 Å². The Hall–Kier alpha value is -3.16. The molecular weight excluding hydrogens is 438 g/mol. The van der Waals surface area contributed by atoms with Gasteiger partial charge in [-0.25, -0.2) is 4.98 Å². The van der Waals surface area contributed by atoms with E-state index in [0.717, 1.165) is 41.7 Å². The Morgan fingerprint density at radius 1 is 1.30 bits per heavy atom. The maximum Gasteiger partial charge on any atom is 0.246 e. The molecule has 1 atom stereocenters. The normalized spacial score (nSPS) is 17.9. The van der Waals surface area contributed by atoms with Crippen molar-refractivity contribution in [3.8, 4) is 0 Å². The maximum absolute atomic E-state index is 12.7. The van der Waals surface area contributed by atoms with Crippen molar-refractivity contribution in [2.75, 3.05) is 18.9 Å². The predicted octanol–water partition coefficient (Wildman–Crippen LogP) is 3.58. The van der Waals surface area contributed by atoms with Gasteiger partial charge in [0, 0.05) is 49.7 Å². The predicted molar refractivity (Wildman–Crippen MR) is 132 cm³/mol. The van der Waals surface area contributed by atoms with Crippen LogP contribution in [0.4, 0.5) is 5.82 Å². The topological polar surface area (TPSA) is 70.5 Å². The standard InChI is InChI=1S/C25H27N5O2.ClH/c1-28(16-20-13-18-6-3-4-7-21(18)29(20)2)23(31)10-9-17-12-19-15-30-11-5-8-22(30)25(32)27-24(19)26-14-17;/h3-4,6-7,9-10,12-14,22H,5,8,11,15-16H2,1-2H3,(H,26,27,32);1H/b10-9+;/t22-;/m0./s1. The number of anilines is 1. The summed E-state index contributed by atoms with van der Waals surface area (Å²) in [5.74, 6) is 0.584. The average Bonchev–Trinajstić information content (AvgIpc) is 3.35. The van der Waals surface area contributed by atoms with Crippen LogP contribution in [0.2, 0.25) is 0 Å². The summed E-state index contributed by atoms with van der Waals surface area (Å²) in [5, 5.41) is 4.13. The molecule has 0 bridgehead atoms. The van der Waals surface area contributed by atoms with Crippen molar-refractivity contribution >= 4 is 47.0 Å². The number of amides is 2. The fraction of sp³-hybridized carbons (Fsp3) is 0.320. The molecule has 1 N–H and O–H groups in total. The average molecular weight is 466 g/mol. The Labute approximate surface area is 199 Å². The second-order valence-electron chi connectivity index (χ2n) is 8.68. The van der Waals surface area contributed by atoms with Crippen molar-refractivity contribution < 1.29 is 9.59 Å². The lowest BCUT2D eigenvalue weighted by molar-refractivity contribution is -0.125. The zero-order chi connectivity index (χ0) is 22.2. The number of aryl methyl sites for hydroxylation is 1. The lowest BCUT2D eigenvalue weighted by atomic mass is 10.1. The van der Waals surface area contributed by atoms with Crippen LogP contribution in [-0.4, -0.2) is 50.8 Å². The van der Waals surface area contributed by atoms with Crippen molar-refractivity contribution in [2.45, 2.75) is 32.0 Å². The first-order valence-electron chi connectivity index (χ1n) is 11.0. The van der Waals surface area contributed by atoms with Crippen LogP contribution in [0, 0.1) is 0 Å². The number of carbonyl (C=O) groups excluding carboxylic acids is 2. The summed E-state index contributed by atoms with van der Waals surface area (Å²) in [6, 6.07) is 12.3. The van der Waals surface area contributed by atoms with E-state index in [2.05, 4.69) is 38.0 Å². The minimum Gasteiger partial charge on any atom is -0.346 e. The van der Waals surface area contributed by atoms with E-state index in [1.807, 2.05) is 32.3 Å². The molecule has 2 aromatic heterocycles. The number of hydrogen-bond acceptors (Lipinski definition) is 4. The van der Waals surface area contributed by atoms with E-state index < -0.39 is 0 Å². The molecule has 0 spiro atoms. The summed E-state index contributed by atoms with van der Waals surface area (Å²) in [6.07, 6.45) is 7.01. The summed E-state index contributed by atoms with van der Waals surface area (Å²) in [5.41, 5.74) is 4.07. The summed E-state index contributed by atoms with van der Waals surface area (Å²) in [7, 11) is 3.83. The number of hydrogen-bond donors (Lipinski definition) is 1. The Morgan fingerprint density at radius 3 is 2.94 bits per heavy atom. The quantitative estimate of drug-likeness (QED) is 0.598. The van der Waals surface area contributed by atoms with Gasteiger partial charge in [0.2, 0.25) is 11.8 Å².